The quantitative estimate of drug-likeness (QED) is 0.738. The highest BCUT2D eigenvalue weighted by molar-refractivity contribution is 7.19. The molecule has 7 heteroatoms. The summed E-state index contributed by atoms with van der Waals surface area (Å²) in [5, 5.41) is 13.5. The van der Waals surface area contributed by atoms with Crippen molar-refractivity contribution < 1.29 is 4.74 Å². The van der Waals surface area contributed by atoms with Crippen molar-refractivity contribution >= 4 is 22.0 Å². The second-order valence-electron chi connectivity index (χ2n) is 4.23. The van der Waals surface area contributed by atoms with Gasteiger partial charge in [0.1, 0.15) is 11.6 Å². The van der Waals surface area contributed by atoms with Gasteiger partial charge in [0.05, 0.1) is 0 Å². The summed E-state index contributed by atoms with van der Waals surface area (Å²) in [7, 11) is 1.62. The van der Waals surface area contributed by atoms with Gasteiger partial charge in [0, 0.05) is 18.4 Å². The number of nitrogens with zero attached hydrogens (tertiary/aromatic N) is 4. The molecule has 2 aromatic heterocycles. The van der Waals surface area contributed by atoms with E-state index in [0.717, 1.165) is 26.8 Å². The van der Waals surface area contributed by atoms with E-state index in [1.807, 2.05) is 25.1 Å². The molecule has 0 fully saturated rings. The van der Waals surface area contributed by atoms with Gasteiger partial charge in [-0.1, -0.05) is 17.4 Å². The number of methoxy groups -OCH3 is 1. The van der Waals surface area contributed by atoms with Crippen LogP contribution >= 0.6 is 11.3 Å². The molecule has 0 saturated carbocycles. The minimum Gasteiger partial charge on any atom is -0.399 e. The van der Waals surface area contributed by atoms with Gasteiger partial charge < -0.3 is 10.5 Å². The molecule has 1 aromatic carbocycles. The Balaban J connectivity index is 2.12. The van der Waals surface area contributed by atoms with Gasteiger partial charge in [0.2, 0.25) is 4.96 Å². The number of benzene rings is 1. The molecule has 0 spiro atoms. The fraction of sp³-hybridized carbons (Fsp3) is 0.250. The number of nitrogens with two attached hydrogens (primary N) is 1. The van der Waals surface area contributed by atoms with Crippen LogP contribution in [0.4, 0.5) is 5.69 Å². The van der Waals surface area contributed by atoms with Crippen molar-refractivity contribution in [2.45, 2.75) is 13.5 Å². The molecule has 0 amide bonds. The van der Waals surface area contributed by atoms with Crippen molar-refractivity contribution in [1.82, 2.24) is 19.8 Å². The van der Waals surface area contributed by atoms with Crippen LogP contribution in [0.25, 0.3) is 15.5 Å². The average molecular weight is 275 g/mol. The van der Waals surface area contributed by atoms with Crippen LogP contribution in [-0.2, 0) is 11.3 Å². The zero-order valence-electron chi connectivity index (χ0n) is 10.6. The van der Waals surface area contributed by atoms with E-state index in [4.69, 9.17) is 10.5 Å². The van der Waals surface area contributed by atoms with E-state index in [-0.39, 0.29) is 0 Å². The highest BCUT2D eigenvalue weighted by atomic mass is 32.1. The maximum absolute atomic E-state index is 5.83. The Labute approximate surface area is 113 Å². The summed E-state index contributed by atoms with van der Waals surface area (Å²) in [6, 6.07) is 5.80. The summed E-state index contributed by atoms with van der Waals surface area (Å²) in [5.74, 6) is 0.696. The number of hydrogen-bond donors (Lipinski definition) is 1. The largest absolute Gasteiger partial charge is 0.399 e. The van der Waals surface area contributed by atoms with Crippen molar-refractivity contribution in [3.63, 3.8) is 0 Å². The molecule has 2 N–H and O–H groups in total. The maximum Gasteiger partial charge on any atom is 0.235 e. The lowest BCUT2D eigenvalue weighted by atomic mass is 10.1. The Hall–Kier alpha value is -1.99. The van der Waals surface area contributed by atoms with Crippen LogP contribution in [0.5, 0.6) is 0 Å². The average Bonchev–Trinajstić information content (AvgIpc) is 2.95. The van der Waals surface area contributed by atoms with E-state index in [0.29, 0.717) is 12.4 Å². The number of aryl methyl sites for hydroxylation is 1. The predicted molar refractivity (Wildman–Crippen MR) is 74.0 cm³/mol. The van der Waals surface area contributed by atoms with E-state index in [1.165, 1.54) is 11.3 Å². The smallest absolute Gasteiger partial charge is 0.235 e. The third-order valence-electron chi connectivity index (χ3n) is 2.82. The predicted octanol–water partition coefficient (Wildman–Crippen LogP) is 1.89. The van der Waals surface area contributed by atoms with E-state index in [1.54, 1.807) is 11.6 Å². The summed E-state index contributed by atoms with van der Waals surface area (Å²) in [5.41, 5.74) is 8.72. The van der Waals surface area contributed by atoms with Crippen molar-refractivity contribution in [2.24, 2.45) is 0 Å². The summed E-state index contributed by atoms with van der Waals surface area (Å²) in [6.07, 6.45) is 0. The summed E-state index contributed by atoms with van der Waals surface area (Å²) in [6.45, 7) is 2.42. The molecule has 3 rings (SSSR count). The van der Waals surface area contributed by atoms with Crippen LogP contribution in [-0.4, -0.2) is 26.9 Å². The van der Waals surface area contributed by atoms with Crippen LogP contribution in [0.3, 0.4) is 0 Å². The lowest BCUT2D eigenvalue weighted by Crippen LogP contribution is -1.97. The number of ether oxygens (including phenoxy) is 1. The van der Waals surface area contributed by atoms with Gasteiger partial charge in [0.15, 0.2) is 5.82 Å². The molecule has 2 heterocycles. The van der Waals surface area contributed by atoms with Crippen molar-refractivity contribution in [3.05, 3.63) is 29.6 Å². The van der Waals surface area contributed by atoms with Crippen molar-refractivity contribution in [3.8, 4) is 10.6 Å². The highest BCUT2D eigenvalue weighted by Gasteiger charge is 2.14. The standard InChI is InChI=1S/C12H13N5OS/c1-7-3-4-8(13)5-9(7)11-16-17-10(6-18-2)14-15-12(17)19-11/h3-5H,6,13H2,1-2H3. The molecule has 6 nitrogen and oxygen atoms in total. The third-order valence-corrected chi connectivity index (χ3v) is 3.75. The second-order valence-corrected chi connectivity index (χ2v) is 5.18. The summed E-state index contributed by atoms with van der Waals surface area (Å²) < 4.78 is 6.79. The SMILES string of the molecule is COCc1nnc2sc(-c3cc(N)ccc3C)nn12. The fourth-order valence-electron chi connectivity index (χ4n) is 1.86. The summed E-state index contributed by atoms with van der Waals surface area (Å²) >= 11 is 1.49. The molecule has 0 unspecified atom stereocenters. The van der Waals surface area contributed by atoms with E-state index in [2.05, 4.69) is 15.3 Å². The van der Waals surface area contributed by atoms with Crippen LogP contribution in [0, 0.1) is 6.92 Å². The zero-order chi connectivity index (χ0) is 13.4. The molecule has 3 aromatic rings. The Morgan fingerprint density at radius 2 is 2.21 bits per heavy atom. The lowest BCUT2D eigenvalue weighted by molar-refractivity contribution is 0.176. The number of hydrogen-bond acceptors (Lipinski definition) is 6. The van der Waals surface area contributed by atoms with E-state index in [9.17, 15) is 0 Å². The fourth-order valence-corrected chi connectivity index (χ4v) is 2.80. The molecule has 98 valence electrons. The van der Waals surface area contributed by atoms with Gasteiger partial charge >= 0.3 is 0 Å². The lowest BCUT2D eigenvalue weighted by Gasteiger charge is -2.02. The first-order chi connectivity index (χ1) is 9.19. The number of nitrogen functional groups attached to an aromatic ring is 1. The van der Waals surface area contributed by atoms with Crippen LogP contribution in [0.15, 0.2) is 18.2 Å². The van der Waals surface area contributed by atoms with Gasteiger partial charge in [-0.3, -0.25) is 0 Å². The van der Waals surface area contributed by atoms with Crippen LogP contribution in [0.1, 0.15) is 11.4 Å². The van der Waals surface area contributed by atoms with Crippen molar-refractivity contribution in [1.29, 1.82) is 0 Å². The van der Waals surface area contributed by atoms with Gasteiger partial charge in [-0.25, -0.2) is 0 Å². The maximum atomic E-state index is 5.83. The van der Waals surface area contributed by atoms with Crippen molar-refractivity contribution in [2.75, 3.05) is 12.8 Å². The molecule has 0 aliphatic heterocycles. The van der Waals surface area contributed by atoms with Gasteiger partial charge in [0.25, 0.3) is 0 Å². The molecule has 0 aliphatic rings. The number of fused-ring (bicyclic) bond motifs is 1. The molecule has 0 atom stereocenters. The number of rotatable bonds is 3. The second kappa shape index (κ2) is 4.60. The van der Waals surface area contributed by atoms with Crippen LogP contribution < -0.4 is 5.73 Å². The zero-order valence-corrected chi connectivity index (χ0v) is 11.4. The Morgan fingerprint density at radius 3 is 3.00 bits per heavy atom. The Kier molecular flexibility index (Phi) is 2.92. The summed E-state index contributed by atoms with van der Waals surface area (Å²) in [4.78, 5) is 0.754. The van der Waals surface area contributed by atoms with Gasteiger partial charge in [-0.2, -0.15) is 9.61 Å². The topological polar surface area (TPSA) is 78.3 Å². The van der Waals surface area contributed by atoms with E-state index >= 15 is 0 Å². The van der Waals surface area contributed by atoms with Crippen LogP contribution in [0.2, 0.25) is 0 Å². The Bertz CT molecular complexity index is 733. The van der Waals surface area contributed by atoms with Gasteiger partial charge in [-0.05, 0) is 24.6 Å². The number of aromatic nitrogens is 4. The molecule has 0 bridgehead atoms. The molecule has 0 radical (unpaired) electrons. The molecule has 0 aliphatic carbocycles. The first-order valence-electron chi connectivity index (χ1n) is 5.75. The first-order valence-corrected chi connectivity index (χ1v) is 6.57. The highest BCUT2D eigenvalue weighted by Crippen LogP contribution is 2.29. The molecule has 0 saturated heterocycles. The normalized spacial score (nSPS) is 11.3. The Morgan fingerprint density at radius 1 is 1.37 bits per heavy atom. The molecular weight excluding hydrogens is 262 g/mol. The third kappa shape index (κ3) is 2.06. The first kappa shape index (κ1) is 12.1. The van der Waals surface area contributed by atoms with Gasteiger partial charge in [-0.15, -0.1) is 10.2 Å². The molecular formula is C12H13N5OS. The minimum absolute atomic E-state index is 0.389. The molecule has 19 heavy (non-hydrogen) atoms. The number of anilines is 1. The van der Waals surface area contributed by atoms with E-state index < -0.39 is 0 Å². The monoisotopic (exact) mass is 275 g/mol. The minimum atomic E-state index is 0.389.